The second-order valence-corrected chi connectivity index (χ2v) is 7.60. The molecule has 0 N–H and O–H groups in total. The molecule has 2 aromatic rings. The van der Waals surface area contributed by atoms with E-state index in [1.807, 2.05) is 13.0 Å². The Morgan fingerprint density at radius 1 is 1.45 bits per heavy atom. The van der Waals surface area contributed by atoms with Gasteiger partial charge in [-0.3, -0.25) is 0 Å². The van der Waals surface area contributed by atoms with Crippen LogP contribution in [0, 0.1) is 5.41 Å². The van der Waals surface area contributed by atoms with E-state index in [4.69, 9.17) is 23.2 Å². The first-order valence-corrected chi connectivity index (χ1v) is 7.86. The van der Waals surface area contributed by atoms with Crippen LogP contribution in [0.15, 0.2) is 12.3 Å². The van der Waals surface area contributed by atoms with E-state index in [0.717, 1.165) is 29.8 Å². The maximum absolute atomic E-state index is 6.32. The lowest BCUT2D eigenvalue weighted by Gasteiger charge is -2.20. The topological polar surface area (TPSA) is 30.7 Å². The van der Waals surface area contributed by atoms with Gasteiger partial charge in [-0.15, -0.1) is 11.6 Å². The molecule has 0 saturated heterocycles. The molecule has 1 aliphatic carbocycles. The van der Waals surface area contributed by atoms with Crippen LogP contribution < -0.4 is 0 Å². The Kier molecular flexibility index (Phi) is 3.46. The van der Waals surface area contributed by atoms with Crippen molar-refractivity contribution in [2.45, 2.75) is 51.5 Å². The zero-order valence-electron chi connectivity index (χ0n) is 12.0. The molecule has 1 aliphatic rings. The SMILES string of the molecule is CC(Cl)c1nc2cc(Cl)cnc2n1C1CCC(C)(C)C1. The third kappa shape index (κ3) is 2.42. The van der Waals surface area contributed by atoms with Crippen LogP contribution in [0.4, 0.5) is 0 Å². The normalized spacial score (nSPS) is 23.4. The van der Waals surface area contributed by atoms with Crippen molar-refractivity contribution in [3.8, 4) is 0 Å². The number of halogens is 2. The Labute approximate surface area is 129 Å². The van der Waals surface area contributed by atoms with E-state index < -0.39 is 0 Å². The molecular formula is C15H19Cl2N3. The summed E-state index contributed by atoms with van der Waals surface area (Å²) < 4.78 is 2.23. The van der Waals surface area contributed by atoms with Crippen molar-refractivity contribution in [1.82, 2.24) is 14.5 Å². The molecule has 0 spiro atoms. The van der Waals surface area contributed by atoms with Gasteiger partial charge in [0.1, 0.15) is 11.3 Å². The average molecular weight is 312 g/mol. The van der Waals surface area contributed by atoms with E-state index in [0.29, 0.717) is 16.5 Å². The standard InChI is InChI=1S/C15H19Cl2N3/c1-9(16)13-19-12-6-10(17)8-18-14(12)20(13)11-4-5-15(2,3)7-11/h6,8-9,11H,4-5,7H2,1-3H3. The minimum atomic E-state index is -0.133. The summed E-state index contributed by atoms with van der Waals surface area (Å²) in [7, 11) is 0. The van der Waals surface area contributed by atoms with Gasteiger partial charge in [-0.1, -0.05) is 25.4 Å². The number of rotatable bonds is 2. The first kappa shape index (κ1) is 14.2. The van der Waals surface area contributed by atoms with Gasteiger partial charge in [0.15, 0.2) is 5.65 Å². The van der Waals surface area contributed by atoms with Gasteiger partial charge in [0, 0.05) is 12.2 Å². The van der Waals surface area contributed by atoms with Crippen molar-refractivity contribution in [2.24, 2.45) is 5.41 Å². The average Bonchev–Trinajstić information content (AvgIpc) is 2.88. The number of aromatic nitrogens is 3. The number of hydrogen-bond donors (Lipinski definition) is 0. The number of hydrogen-bond acceptors (Lipinski definition) is 2. The lowest BCUT2D eigenvalue weighted by Crippen LogP contribution is -2.13. The van der Waals surface area contributed by atoms with Gasteiger partial charge >= 0.3 is 0 Å². The Morgan fingerprint density at radius 2 is 2.20 bits per heavy atom. The molecule has 0 aliphatic heterocycles. The third-order valence-corrected chi connectivity index (χ3v) is 4.59. The molecule has 108 valence electrons. The molecule has 2 unspecified atom stereocenters. The summed E-state index contributed by atoms with van der Waals surface area (Å²) in [5.41, 5.74) is 2.12. The van der Waals surface area contributed by atoms with Crippen LogP contribution in [0.3, 0.4) is 0 Å². The van der Waals surface area contributed by atoms with E-state index in [-0.39, 0.29) is 5.38 Å². The number of nitrogens with zero attached hydrogens (tertiary/aromatic N) is 3. The molecule has 2 aromatic heterocycles. The van der Waals surface area contributed by atoms with E-state index >= 15 is 0 Å². The lowest BCUT2D eigenvalue weighted by molar-refractivity contribution is 0.358. The fourth-order valence-electron chi connectivity index (χ4n) is 3.24. The monoisotopic (exact) mass is 311 g/mol. The zero-order valence-corrected chi connectivity index (χ0v) is 13.5. The second-order valence-electron chi connectivity index (χ2n) is 6.51. The molecule has 0 bridgehead atoms. The lowest BCUT2D eigenvalue weighted by atomic mass is 9.92. The number of pyridine rings is 1. The molecule has 3 nitrogen and oxygen atoms in total. The smallest absolute Gasteiger partial charge is 0.160 e. The highest BCUT2D eigenvalue weighted by molar-refractivity contribution is 6.31. The Hall–Kier alpha value is -0.800. The molecule has 1 saturated carbocycles. The molecule has 0 aromatic carbocycles. The van der Waals surface area contributed by atoms with Crippen LogP contribution in [0.25, 0.3) is 11.2 Å². The first-order chi connectivity index (χ1) is 9.37. The maximum Gasteiger partial charge on any atom is 0.160 e. The highest BCUT2D eigenvalue weighted by atomic mass is 35.5. The van der Waals surface area contributed by atoms with Gasteiger partial charge in [0.25, 0.3) is 0 Å². The number of fused-ring (bicyclic) bond motifs is 1. The van der Waals surface area contributed by atoms with Crippen LogP contribution in [0.5, 0.6) is 0 Å². The summed E-state index contributed by atoms with van der Waals surface area (Å²) in [5, 5.41) is 0.481. The summed E-state index contributed by atoms with van der Waals surface area (Å²) in [6.07, 6.45) is 5.20. The first-order valence-electron chi connectivity index (χ1n) is 7.05. The predicted molar refractivity (Wildman–Crippen MR) is 83.5 cm³/mol. The Morgan fingerprint density at radius 3 is 2.80 bits per heavy atom. The Balaban J connectivity index is 2.15. The van der Waals surface area contributed by atoms with Crippen molar-refractivity contribution in [2.75, 3.05) is 0 Å². The maximum atomic E-state index is 6.32. The molecular weight excluding hydrogens is 293 g/mol. The van der Waals surface area contributed by atoms with E-state index in [1.165, 1.54) is 6.42 Å². The molecule has 2 atom stereocenters. The minimum absolute atomic E-state index is 0.133. The van der Waals surface area contributed by atoms with Gasteiger partial charge in [0.2, 0.25) is 0 Å². The molecule has 0 amide bonds. The van der Waals surface area contributed by atoms with Crippen molar-refractivity contribution in [3.63, 3.8) is 0 Å². The van der Waals surface area contributed by atoms with E-state index in [9.17, 15) is 0 Å². The van der Waals surface area contributed by atoms with Crippen molar-refractivity contribution in [3.05, 3.63) is 23.1 Å². The van der Waals surface area contributed by atoms with E-state index in [1.54, 1.807) is 6.20 Å². The quantitative estimate of drug-likeness (QED) is 0.719. The highest BCUT2D eigenvalue weighted by Crippen LogP contribution is 2.45. The van der Waals surface area contributed by atoms with Gasteiger partial charge in [-0.05, 0) is 37.7 Å². The minimum Gasteiger partial charge on any atom is -0.308 e. The second kappa shape index (κ2) is 4.88. The van der Waals surface area contributed by atoms with Gasteiger partial charge in [-0.25, -0.2) is 9.97 Å². The van der Waals surface area contributed by atoms with Gasteiger partial charge in [-0.2, -0.15) is 0 Å². The number of imidazole rings is 1. The van der Waals surface area contributed by atoms with Gasteiger partial charge in [0.05, 0.1) is 10.4 Å². The fraction of sp³-hybridized carbons (Fsp3) is 0.600. The molecule has 20 heavy (non-hydrogen) atoms. The van der Waals surface area contributed by atoms with Crippen LogP contribution in [0.1, 0.15) is 57.3 Å². The number of alkyl halides is 1. The fourth-order valence-corrected chi connectivity index (χ4v) is 3.54. The highest BCUT2D eigenvalue weighted by Gasteiger charge is 2.34. The van der Waals surface area contributed by atoms with Gasteiger partial charge < -0.3 is 4.57 Å². The van der Waals surface area contributed by atoms with Crippen LogP contribution in [-0.2, 0) is 0 Å². The summed E-state index contributed by atoms with van der Waals surface area (Å²) in [6.45, 7) is 6.60. The van der Waals surface area contributed by atoms with Crippen molar-refractivity contribution >= 4 is 34.4 Å². The predicted octanol–water partition coefficient (Wildman–Crippen LogP) is 5.14. The van der Waals surface area contributed by atoms with Crippen LogP contribution in [0.2, 0.25) is 5.02 Å². The summed E-state index contributed by atoms with van der Waals surface area (Å²) in [4.78, 5) is 9.14. The van der Waals surface area contributed by atoms with Crippen LogP contribution in [-0.4, -0.2) is 14.5 Å². The molecule has 0 radical (unpaired) electrons. The van der Waals surface area contributed by atoms with Crippen LogP contribution >= 0.6 is 23.2 Å². The van der Waals surface area contributed by atoms with Crippen molar-refractivity contribution in [1.29, 1.82) is 0 Å². The zero-order chi connectivity index (χ0) is 14.5. The van der Waals surface area contributed by atoms with Crippen molar-refractivity contribution < 1.29 is 0 Å². The van der Waals surface area contributed by atoms with E-state index in [2.05, 4.69) is 28.4 Å². The summed E-state index contributed by atoms with van der Waals surface area (Å²) in [5.74, 6) is 0.902. The molecule has 3 rings (SSSR count). The molecule has 5 heteroatoms. The summed E-state index contributed by atoms with van der Waals surface area (Å²) in [6, 6.07) is 2.29. The molecule has 1 fully saturated rings. The largest absolute Gasteiger partial charge is 0.308 e. The third-order valence-electron chi connectivity index (χ3n) is 4.19. The summed E-state index contributed by atoms with van der Waals surface area (Å²) >= 11 is 12.3. The molecule has 2 heterocycles. The Bertz CT molecular complexity index is 646.